The van der Waals surface area contributed by atoms with E-state index in [9.17, 15) is 4.79 Å². The van der Waals surface area contributed by atoms with Crippen LogP contribution in [0.4, 0.5) is 0 Å². The molecule has 1 aliphatic heterocycles. The molecule has 0 radical (unpaired) electrons. The number of carbonyl (C=O) groups excluding carboxylic acids is 1. The van der Waals surface area contributed by atoms with Gasteiger partial charge in [0.25, 0.3) is 5.91 Å². The van der Waals surface area contributed by atoms with Gasteiger partial charge in [0.1, 0.15) is 4.88 Å². The summed E-state index contributed by atoms with van der Waals surface area (Å²) < 4.78 is 6.60. The summed E-state index contributed by atoms with van der Waals surface area (Å²) in [5, 5.41) is 4.45. The fraction of sp³-hybridized carbons (Fsp3) is 0.500. The molecule has 1 saturated heterocycles. The van der Waals surface area contributed by atoms with Crippen LogP contribution in [0.3, 0.4) is 0 Å². The van der Waals surface area contributed by atoms with Crippen LogP contribution in [0.25, 0.3) is 10.1 Å². The molecule has 1 fully saturated rings. The molecule has 3 nitrogen and oxygen atoms in total. The normalized spacial score (nSPS) is 18.5. The number of halogens is 1. The van der Waals surface area contributed by atoms with E-state index in [0.717, 1.165) is 29.5 Å². The van der Waals surface area contributed by atoms with Crippen molar-refractivity contribution < 1.29 is 9.53 Å². The van der Waals surface area contributed by atoms with Crippen molar-refractivity contribution >= 4 is 38.9 Å². The number of nitrogens with one attached hydrogen (secondary N) is 1. The summed E-state index contributed by atoms with van der Waals surface area (Å²) in [6, 6.07) is 6.25. The number of hydrogen-bond donors (Lipinski definition) is 1. The fourth-order valence-electron chi connectivity index (χ4n) is 2.77. The molecule has 3 rings (SSSR count). The molecule has 2 aromatic rings. The predicted octanol–water partition coefficient (Wildman–Crippen LogP) is 4.76. The molecule has 5 heteroatoms. The highest BCUT2D eigenvalue weighted by atomic mass is 35.5. The summed E-state index contributed by atoms with van der Waals surface area (Å²) in [5.74, 6) is -0.107. The Morgan fingerprint density at radius 1 is 1.43 bits per heavy atom. The van der Waals surface area contributed by atoms with Crippen molar-refractivity contribution in [2.75, 3.05) is 13.2 Å². The molecule has 124 valence electrons. The molecule has 23 heavy (non-hydrogen) atoms. The highest BCUT2D eigenvalue weighted by Crippen LogP contribution is 2.37. The number of carbonyl (C=O) groups is 1. The first-order valence-electron chi connectivity index (χ1n) is 7.98. The predicted molar refractivity (Wildman–Crippen MR) is 96.8 cm³/mol. The van der Waals surface area contributed by atoms with E-state index in [-0.39, 0.29) is 17.4 Å². The number of amides is 1. The van der Waals surface area contributed by atoms with Gasteiger partial charge in [-0.3, -0.25) is 4.79 Å². The zero-order valence-corrected chi connectivity index (χ0v) is 15.3. The van der Waals surface area contributed by atoms with Gasteiger partial charge in [0.2, 0.25) is 0 Å². The largest absolute Gasteiger partial charge is 0.376 e. The molecule has 0 saturated carbocycles. The smallest absolute Gasteiger partial charge is 0.263 e. The summed E-state index contributed by atoms with van der Waals surface area (Å²) in [6.45, 7) is 7.88. The van der Waals surface area contributed by atoms with Crippen molar-refractivity contribution in [3.8, 4) is 0 Å². The first kappa shape index (κ1) is 16.7. The summed E-state index contributed by atoms with van der Waals surface area (Å²) in [5.41, 5.74) is 1.32. The zero-order chi connectivity index (χ0) is 16.6. The summed E-state index contributed by atoms with van der Waals surface area (Å²) >= 11 is 7.89. The van der Waals surface area contributed by atoms with Crippen LogP contribution >= 0.6 is 22.9 Å². The lowest BCUT2D eigenvalue weighted by molar-refractivity contribution is 0.0861. The molecule has 0 bridgehead atoms. The average molecular weight is 352 g/mol. The summed E-state index contributed by atoms with van der Waals surface area (Å²) in [6.07, 6.45) is 2.22. The van der Waals surface area contributed by atoms with Gasteiger partial charge in [-0.25, -0.2) is 0 Å². The maximum absolute atomic E-state index is 12.4. The SMILES string of the molecule is CC(C)(C)c1ccc2c(Cl)c(C(=O)NCC3CCCO3)sc2c1. The molecule has 1 aromatic carbocycles. The number of thiophene rings is 1. The zero-order valence-electron chi connectivity index (χ0n) is 13.7. The monoisotopic (exact) mass is 351 g/mol. The lowest BCUT2D eigenvalue weighted by atomic mass is 9.87. The van der Waals surface area contributed by atoms with E-state index in [1.165, 1.54) is 16.9 Å². The maximum Gasteiger partial charge on any atom is 0.263 e. The second-order valence-electron chi connectivity index (χ2n) is 7.05. The van der Waals surface area contributed by atoms with Gasteiger partial charge >= 0.3 is 0 Å². The van der Waals surface area contributed by atoms with Crippen LogP contribution < -0.4 is 5.32 Å². The molecule has 1 aromatic heterocycles. The Labute approximate surface area is 146 Å². The molecular formula is C18H22ClNO2S. The first-order chi connectivity index (χ1) is 10.9. The minimum atomic E-state index is -0.107. The molecule has 0 spiro atoms. The topological polar surface area (TPSA) is 38.3 Å². The van der Waals surface area contributed by atoms with Crippen molar-refractivity contribution in [3.63, 3.8) is 0 Å². The molecular weight excluding hydrogens is 330 g/mol. The van der Waals surface area contributed by atoms with Crippen LogP contribution in [0, 0.1) is 0 Å². The van der Waals surface area contributed by atoms with Crippen LogP contribution in [0.1, 0.15) is 48.8 Å². The second-order valence-corrected chi connectivity index (χ2v) is 8.48. The summed E-state index contributed by atoms with van der Waals surface area (Å²) in [4.78, 5) is 13.0. The lowest BCUT2D eigenvalue weighted by Gasteiger charge is -2.18. The van der Waals surface area contributed by atoms with Gasteiger partial charge in [-0.1, -0.05) is 44.5 Å². The quantitative estimate of drug-likeness (QED) is 0.865. The molecule has 1 aliphatic rings. The molecule has 1 amide bonds. The van der Waals surface area contributed by atoms with Crippen molar-refractivity contribution in [1.82, 2.24) is 5.32 Å². The van der Waals surface area contributed by atoms with Crippen LogP contribution in [-0.2, 0) is 10.2 Å². The number of benzene rings is 1. The molecule has 1 N–H and O–H groups in total. The van der Waals surface area contributed by atoms with Crippen molar-refractivity contribution in [2.24, 2.45) is 0 Å². The third-order valence-electron chi connectivity index (χ3n) is 4.22. The highest BCUT2D eigenvalue weighted by molar-refractivity contribution is 7.21. The first-order valence-corrected chi connectivity index (χ1v) is 9.18. The van der Waals surface area contributed by atoms with Crippen molar-refractivity contribution in [2.45, 2.75) is 45.1 Å². The van der Waals surface area contributed by atoms with Crippen LogP contribution in [0.2, 0.25) is 5.02 Å². The Morgan fingerprint density at radius 3 is 2.87 bits per heavy atom. The Bertz CT molecular complexity index is 726. The Hall–Kier alpha value is -1.10. The Balaban J connectivity index is 1.82. The Kier molecular flexibility index (Phi) is 4.68. The van der Waals surface area contributed by atoms with Gasteiger partial charge in [0.05, 0.1) is 11.1 Å². The molecule has 2 heterocycles. The third-order valence-corrected chi connectivity index (χ3v) is 5.87. The maximum atomic E-state index is 12.4. The minimum Gasteiger partial charge on any atom is -0.376 e. The van der Waals surface area contributed by atoms with Gasteiger partial charge in [-0.15, -0.1) is 11.3 Å². The number of ether oxygens (including phenoxy) is 1. The van der Waals surface area contributed by atoms with E-state index in [1.807, 2.05) is 6.07 Å². The molecule has 0 aliphatic carbocycles. The molecule has 1 unspecified atom stereocenters. The van der Waals surface area contributed by atoms with Gasteiger partial charge < -0.3 is 10.1 Å². The van der Waals surface area contributed by atoms with E-state index < -0.39 is 0 Å². The average Bonchev–Trinajstić information content (AvgIpc) is 3.12. The molecule has 1 atom stereocenters. The highest BCUT2D eigenvalue weighted by Gasteiger charge is 2.21. The van der Waals surface area contributed by atoms with Crippen LogP contribution in [-0.4, -0.2) is 25.2 Å². The van der Waals surface area contributed by atoms with E-state index in [1.54, 1.807) is 0 Å². The number of hydrogen-bond acceptors (Lipinski definition) is 3. The second kappa shape index (κ2) is 6.42. The third kappa shape index (κ3) is 3.54. The van der Waals surface area contributed by atoms with Crippen LogP contribution in [0.15, 0.2) is 18.2 Å². The van der Waals surface area contributed by atoms with Crippen LogP contribution in [0.5, 0.6) is 0 Å². The lowest BCUT2D eigenvalue weighted by Crippen LogP contribution is -2.31. The fourth-order valence-corrected chi connectivity index (χ4v) is 4.24. The van der Waals surface area contributed by atoms with E-state index in [0.29, 0.717) is 16.4 Å². The Morgan fingerprint density at radius 2 is 2.22 bits per heavy atom. The summed E-state index contributed by atoms with van der Waals surface area (Å²) in [7, 11) is 0. The van der Waals surface area contributed by atoms with Gasteiger partial charge in [0.15, 0.2) is 0 Å². The van der Waals surface area contributed by atoms with Gasteiger partial charge in [-0.2, -0.15) is 0 Å². The van der Waals surface area contributed by atoms with E-state index in [4.69, 9.17) is 16.3 Å². The minimum absolute atomic E-state index is 0.0763. The van der Waals surface area contributed by atoms with Crippen molar-refractivity contribution in [3.05, 3.63) is 33.7 Å². The van der Waals surface area contributed by atoms with Gasteiger partial charge in [0, 0.05) is 23.2 Å². The standard InChI is InChI=1S/C18H22ClNO2S/c1-18(2,3)11-6-7-13-14(9-11)23-16(15(13)19)17(21)20-10-12-5-4-8-22-12/h6-7,9,12H,4-5,8,10H2,1-3H3,(H,20,21). The van der Waals surface area contributed by atoms with E-state index in [2.05, 4.69) is 38.2 Å². The number of rotatable bonds is 3. The number of fused-ring (bicyclic) bond motifs is 1. The van der Waals surface area contributed by atoms with E-state index >= 15 is 0 Å². The van der Waals surface area contributed by atoms with Crippen molar-refractivity contribution in [1.29, 1.82) is 0 Å². The van der Waals surface area contributed by atoms with Gasteiger partial charge in [-0.05, 0) is 29.9 Å².